The minimum absolute atomic E-state index is 0.187. The molecular formula is C20H21NO4. The first-order chi connectivity index (χ1) is 12.0. The molecule has 1 saturated heterocycles. The summed E-state index contributed by atoms with van der Waals surface area (Å²) in [6.07, 6.45) is 0.513. The highest BCUT2D eigenvalue weighted by molar-refractivity contribution is 5.94. The van der Waals surface area contributed by atoms with Crippen LogP contribution in [0, 0.1) is 5.92 Å². The summed E-state index contributed by atoms with van der Waals surface area (Å²) in [6.45, 7) is 2.03. The van der Waals surface area contributed by atoms with Crippen LogP contribution in [-0.2, 0) is 22.4 Å². The van der Waals surface area contributed by atoms with Crippen LogP contribution in [-0.4, -0.2) is 34.7 Å². The molecule has 0 saturated carbocycles. The first kappa shape index (κ1) is 17.0. The maximum absolute atomic E-state index is 12.8. The largest absolute Gasteiger partial charge is 0.508 e. The van der Waals surface area contributed by atoms with Crippen molar-refractivity contribution in [3.8, 4) is 5.75 Å². The smallest absolute Gasteiger partial charge is 0.416 e. The number of hydrogen-bond donors (Lipinski definition) is 1. The van der Waals surface area contributed by atoms with Gasteiger partial charge in [-0.15, -0.1) is 0 Å². The third-order valence-electron chi connectivity index (χ3n) is 4.41. The molecule has 5 nitrogen and oxygen atoms in total. The monoisotopic (exact) mass is 339 g/mol. The van der Waals surface area contributed by atoms with Gasteiger partial charge < -0.3 is 9.84 Å². The summed E-state index contributed by atoms with van der Waals surface area (Å²) >= 11 is 0. The van der Waals surface area contributed by atoms with Gasteiger partial charge in [0.1, 0.15) is 12.4 Å². The second-order valence-electron chi connectivity index (χ2n) is 6.40. The normalized spacial score (nSPS) is 18.0. The van der Waals surface area contributed by atoms with E-state index < -0.39 is 6.09 Å². The molecule has 2 atom stereocenters. The summed E-state index contributed by atoms with van der Waals surface area (Å²) in [7, 11) is 0. The average molecular weight is 339 g/mol. The Morgan fingerprint density at radius 3 is 2.52 bits per heavy atom. The minimum Gasteiger partial charge on any atom is -0.508 e. The van der Waals surface area contributed by atoms with Gasteiger partial charge in [-0.3, -0.25) is 4.79 Å². The quantitative estimate of drug-likeness (QED) is 0.909. The Kier molecular flexibility index (Phi) is 5.03. The van der Waals surface area contributed by atoms with Gasteiger partial charge in [0.2, 0.25) is 5.91 Å². The standard InChI is InChI=1S/C20H21NO4/c1-14(11-15-5-3-2-4-6-15)19(23)21-17(13-25-20(21)24)12-16-7-9-18(22)10-8-16/h2-10,14,17,22H,11-13H2,1H3/t14-,17-/m0/s1. The Labute approximate surface area is 146 Å². The summed E-state index contributed by atoms with van der Waals surface area (Å²) in [4.78, 5) is 26.1. The van der Waals surface area contributed by atoms with Crippen molar-refractivity contribution in [2.24, 2.45) is 5.92 Å². The number of hydrogen-bond acceptors (Lipinski definition) is 4. The van der Waals surface area contributed by atoms with Gasteiger partial charge in [-0.2, -0.15) is 0 Å². The Hall–Kier alpha value is -2.82. The summed E-state index contributed by atoms with van der Waals surface area (Å²) in [6, 6.07) is 16.2. The molecule has 1 aliphatic rings. The van der Waals surface area contributed by atoms with E-state index in [4.69, 9.17) is 4.74 Å². The van der Waals surface area contributed by atoms with Crippen LogP contribution in [0.1, 0.15) is 18.1 Å². The van der Waals surface area contributed by atoms with Gasteiger partial charge in [0.05, 0.1) is 6.04 Å². The van der Waals surface area contributed by atoms with E-state index in [1.807, 2.05) is 37.3 Å². The van der Waals surface area contributed by atoms with Crippen molar-refractivity contribution < 1.29 is 19.4 Å². The van der Waals surface area contributed by atoms with E-state index in [0.29, 0.717) is 12.8 Å². The highest BCUT2D eigenvalue weighted by atomic mass is 16.6. The fourth-order valence-corrected chi connectivity index (χ4v) is 3.08. The molecule has 0 unspecified atom stereocenters. The summed E-state index contributed by atoms with van der Waals surface area (Å²) in [5, 5.41) is 9.37. The van der Waals surface area contributed by atoms with E-state index in [-0.39, 0.29) is 30.2 Å². The Bertz CT molecular complexity index is 742. The van der Waals surface area contributed by atoms with E-state index in [1.54, 1.807) is 24.3 Å². The van der Waals surface area contributed by atoms with E-state index in [9.17, 15) is 14.7 Å². The molecule has 1 fully saturated rings. The Morgan fingerprint density at radius 1 is 1.16 bits per heavy atom. The third-order valence-corrected chi connectivity index (χ3v) is 4.41. The Morgan fingerprint density at radius 2 is 1.84 bits per heavy atom. The van der Waals surface area contributed by atoms with Crippen molar-refractivity contribution in [2.75, 3.05) is 6.61 Å². The molecule has 0 bridgehead atoms. The SMILES string of the molecule is C[C@@H](Cc1ccccc1)C(=O)N1C(=O)OC[C@@H]1Cc1ccc(O)cc1. The van der Waals surface area contributed by atoms with Gasteiger partial charge in [-0.25, -0.2) is 9.69 Å². The zero-order valence-electron chi connectivity index (χ0n) is 14.1. The van der Waals surface area contributed by atoms with Crippen molar-refractivity contribution in [2.45, 2.75) is 25.8 Å². The molecule has 5 heteroatoms. The van der Waals surface area contributed by atoms with Crippen molar-refractivity contribution in [1.82, 2.24) is 4.90 Å². The number of rotatable bonds is 5. The van der Waals surface area contributed by atoms with Gasteiger partial charge in [-0.1, -0.05) is 49.4 Å². The highest BCUT2D eigenvalue weighted by Gasteiger charge is 2.39. The molecule has 0 spiro atoms. The number of phenols is 1. The molecule has 130 valence electrons. The van der Waals surface area contributed by atoms with Crippen LogP contribution in [0.2, 0.25) is 0 Å². The van der Waals surface area contributed by atoms with Gasteiger partial charge in [0, 0.05) is 5.92 Å². The first-order valence-electron chi connectivity index (χ1n) is 8.36. The van der Waals surface area contributed by atoms with Gasteiger partial charge in [0.15, 0.2) is 0 Å². The summed E-state index contributed by atoms with van der Waals surface area (Å²) < 4.78 is 5.11. The number of aromatic hydroxyl groups is 1. The van der Waals surface area contributed by atoms with Crippen LogP contribution in [0.4, 0.5) is 4.79 Å². The average Bonchev–Trinajstić information content (AvgIpc) is 2.97. The van der Waals surface area contributed by atoms with E-state index in [0.717, 1.165) is 11.1 Å². The summed E-state index contributed by atoms with van der Waals surface area (Å²) in [5.74, 6) is -0.336. The number of carbonyl (C=O) groups excluding carboxylic acids is 2. The number of imide groups is 1. The lowest BCUT2D eigenvalue weighted by molar-refractivity contribution is -0.132. The molecule has 0 radical (unpaired) electrons. The maximum Gasteiger partial charge on any atom is 0.416 e. The van der Waals surface area contributed by atoms with E-state index in [2.05, 4.69) is 0 Å². The first-order valence-corrected chi connectivity index (χ1v) is 8.36. The molecule has 1 aliphatic heterocycles. The highest BCUT2D eigenvalue weighted by Crippen LogP contribution is 2.22. The minimum atomic E-state index is -0.575. The van der Waals surface area contributed by atoms with Crippen molar-refractivity contribution in [3.05, 3.63) is 65.7 Å². The molecule has 0 aliphatic carbocycles. The van der Waals surface area contributed by atoms with Crippen molar-refractivity contribution in [1.29, 1.82) is 0 Å². The molecule has 0 aromatic heterocycles. The van der Waals surface area contributed by atoms with Gasteiger partial charge in [-0.05, 0) is 36.1 Å². The van der Waals surface area contributed by atoms with Gasteiger partial charge in [0.25, 0.3) is 0 Å². The maximum atomic E-state index is 12.8. The lowest BCUT2D eigenvalue weighted by Crippen LogP contribution is -2.43. The topological polar surface area (TPSA) is 66.8 Å². The van der Waals surface area contributed by atoms with Crippen LogP contribution in [0.25, 0.3) is 0 Å². The van der Waals surface area contributed by atoms with Crippen molar-refractivity contribution >= 4 is 12.0 Å². The molecule has 3 rings (SSSR count). The second-order valence-corrected chi connectivity index (χ2v) is 6.40. The molecule has 25 heavy (non-hydrogen) atoms. The third kappa shape index (κ3) is 3.99. The van der Waals surface area contributed by atoms with E-state index in [1.165, 1.54) is 4.90 Å². The Balaban J connectivity index is 1.70. The number of carbonyl (C=O) groups is 2. The summed E-state index contributed by atoms with van der Waals surface area (Å²) in [5.41, 5.74) is 2.00. The van der Waals surface area contributed by atoms with Crippen LogP contribution >= 0.6 is 0 Å². The zero-order chi connectivity index (χ0) is 17.8. The molecule has 2 aromatic carbocycles. The number of cyclic esters (lactones) is 1. The number of nitrogens with zero attached hydrogens (tertiary/aromatic N) is 1. The van der Waals surface area contributed by atoms with Crippen LogP contribution < -0.4 is 0 Å². The van der Waals surface area contributed by atoms with Crippen LogP contribution in [0.15, 0.2) is 54.6 Å². The fourth-order valence-electron chi connectivity index (χ4n) is 3.08. The zero-order valence-corrected chi connectivity index (χ0v) is 14.1. The fraction of sp³-hybridized carbons (Fsp3) is 0.300. The molecule has 2 aromatic rings. The lowest BCUT2D eigenvalue weighted by atomic mass is 9.98. The second kappa shape index (κ2) is 7.38. The predicted octanol–water partition coefficient (Wildman–Crippen LogP) is 3.16. The van der Waals surface area contributed by atoms with Gasteiger partial charge >= 0.3 is 6.09 Å². The molecular weight excluding hydrogens is 318 g/mol. The molecule has 1 N–H and O–H groups in total. The van der Waals surface area contributed by atoms with E-state index >= 15 is 0 Å². The number of ether oxygens (including phenoxy) is 1. The molecule has 1 heterocycles. The molecule has 2 amide bonds. The number of phenolic OH excluding ortho intramolecular Hbond substituents is 1. The lowest BCUT2D eigenvalue weighted by Gasteiger charge is -2.23. The number of benzene rings is 2. The van der Waals surface area contributed by atoms with Crippen molar-refractivity contribution in [3.63, 3.8) is 0 Å². The predicted molar refractivity (Wildman–Crippen MR) is 93.1 cm³/mol. The van der Waals surface area contributed by atoms with Crippen LogP contribution in [0.3, 0.4) is 0 Å². The van der Waals surface area contributed by atoms with Crippen LogP contribution in [0.5, 0.6) is 5.75 Å². The number of amides is 2.